The molecule has 0 N–H and O–H groups in total. The summed E-state index contributed by atoms with van der Waals surface area (Å²) in [5.74, 6) is -3.08. The molecule has 1 heterocycles. The minimum absolute atomic E-state index is 0.0255. The van der Waals surface area contributed by atoms with Gasteiger partial charge in [0.1, 0.15) is 18.2 Å². The number of aryl methyl sites for hydroxylation is 1. The lowest BCUT2D eigenvalue weighted by atomic mass is 10.0. The van der Waals surface area contributed by atoms with Gasteiger partial charge in [-0.25, -0.2) is 8.78 Å². The summed E-state index contributed by atoms with van der Waals surface area (Å²) < 4.78 is 70.9. The highest BCUT2D eigenvalue weighted by atomic mass is 19.4. The third kappa shape index (κ3) is 4.40. The highest BCUT2D eigenvalue weighted by Gasteiger charge is 2.38. The molecular weight excluding hydrogens is 321 g/mol. The number of nitrogens with zero attached hydrogens (tertiary/aromatic N) is 1. The number of hydrogen-bond acceptors (Lipinski definition) is 2. The van der Waals surface area contributed by atoms with Gasteiger partial charge in [-0.15, -0.1) is 0 Å². The first-order valence-corrected chi connectivity index (χ1v) is 7.10. The zero-order valence-electron chi connectivity index (χ0n) is 12.4. The van der Waals surface area contributed by atoms with E-state index in [4.69, 9.17) is 4.74 Å². The quantitative estimate of drug-likeness (QED) is 0.791. The summed E-state index contributed by atoms with van der Waals surface area (Å²) in [5.41, 5.74) is -0.731. The van der Waals surface area contributed by atoms with Crippen LogP contribution in [0.3, 0.4) is 0 Å². The molecule has 23 heavy (non-hydrogen) atoms. The Morgan fingerprint density at radius 2 is 2.00 bits per heavy atom. The van der Waals surface area contributed by atoms with Gasteiger partial charge in [0.25, 0.3) is 5.91 Å². The molecule has 0 bridgehead atoms. The fourth-order valence-electron chi connectivity index (χ4n) is 2.49. The van der Waals surface area contributed by atoms with Crippen LogP contribution in [0.2, 0.25) is 0 Å². The second-order valence-electron chi connectivity index (χ2n) is 5.50. The van der Waals surface area contributed by atoms with Gasteiger partial charge in [0.05, 0.1) is 18.2 Å². The first-order chi connectivity index (χ1) is 10.7. The number of carbonyl (C=O) groups excluding carboxylic acids is 1. The van der Waals surface area contributed by atoms with Crippen LogP contribution in [0, 0.1) is 18.6 Å². The van der Waals surface area contributed by atoms with Crippen LogP contribution < -0.4 is 0 Å². The molecule has 1 aliphatic rings. The molecule has 1 aromatic carbocycles. The number of hydrogen-bond donors (Lipinski definition) is 0. The SMILES string of the molecule is Cc1cc(F)c(C(=O)N(CC(F)(F)F)[C@@H]2CCCOC2)cc1F. The lowest BCUT2D eigenvalue weighted by Gasteiger charge is -2.34. The van der Waals surface area contributed by atoms with E-state index in [-0.39, 0.29) is 12.2 Å². The number of amides is 1. The predicted octanol–water partition coefficient (Wildman–Crippen LogP) is 3.46. The Morgan fingerprint density at radius 3 is 2.57 bits per heavy atom. The second-order valence-corrected chi connectivity index (χ2v) is 5.50. The van der Waals surface area contributed by atoms with E-state index in [0.29, 0.717) is 30.4 Å². The van der Waals surface area contributed by atoms with Crippen LogP contribution in [-0.4, -0.2) is 42.8 Å². The maximum absolute atomic E-state index is 13.9. The van der Waals surface area contributed by atoms with Crippen molar-refractivity contribution in [2.24, 2.45) is 0 Å². The highest BCUT2D eigenvalue weighted by Crippen LogP contribution is 2.25. The van der Waals surface area contributed by atoms with Gasteiger partial charge < -0.3 is 9.64 Å². The summed E-state index contributed by atoms with van der Waals surface area (Å²) >= 11 is 0. The second kappa shape index (κ2) is 6.82. The van der Waals surface area contributed by atoms with Gasteiger partial charge in [0.15, 0.2) is 0 Å². The zero-order valence-corrected chi connectivity index (χ0v) is 12.4. The average molecular weight is 337 g/mol. The van der Waals surface area contributed by atoms with E-state index in [0.717, 1.165) is 6.07 Å². The van der Waals surface area contributed by atoms with Crippen molar-refractivity contribution in [2.45, 2.75) is 32.0 Å². The molecule has 0 saturated carbocycles. The van der Waals surface area contributed by atoms with Gasteiger partial charge in [-0.05, 0) is 37.5 Å². The Morgan fingerprint density at radius 1 is 1.30 bits per heavy atom. The van der Waals surface area contributed by atoms with Crippen LogP contribution >= 0.6 is 0 Å². The van der Waals surface area contributed by atoms with Gasteiger partial charge in [-0.3, -0.25) is 4.79 Å². The molecule has 3 nitrogen and oxygen atoms in total. The monoisotopic (exact) mass is 337 g/mol. The summed E-state index contributed by atoms with van der Waals surface area (Å²) in [6.45, 7) is 0.111. The molecule has 0 unspecified atom stereocenters. The van der Waals surface area contributed by atoms with E-state index in [9.17, 15) is 26.7 Å². The Labute approximate surface area is 130 Å². The van der Waals surface area contributed by atoms with Crippen LogP contribution in [0.4, 0.5) is 22.0 Å². The first-order valence-electron chi connectivity index (χ1n) is 7.10. The molecule has 1 amide bonds. The van der Waals surface area contributed by atoms with Crippen molar-refractivity contribution >= 4 is 5.91 Å². The van der Waals surface area contributed by atoms with Crippen LogP contribution in [0.1, 0.15) is 28.8 Å². The maximum Gasteiger partial charge on any atom is 0.406 e. The van der Waals surface area contributed by atoms with Crippen molar-refractivity contribution in [3.63, 3.8) is 0 Å². The topological polar surface area (TPSA) is 29.5 Å². The van der Waals surface area contributed by atoms with Crippen LogP contribution in [0.5, 0.6) is 0 Å². The lowest BCUT2D eigenvalue weighted by Crippen LogP contribution is -2.49. The lowest BCUT2D eigenvalue weighted by molar-refractivity contribution is -0.148. The van der Waals surface area contributed by atoms with Gasteiger partial charge in [-0.2, -0.15) is 13.2 Å². The van der Waals surface area contributed by atoms with E-state index in [1.54, 1.807) is 0 Å². The fraction of sp³-hybridized carbons (Fsp3) is 0.533. The largest absolute Gasteiger partial charge is 0.406 e. The standard InChI is InChI=1S/C15H16F5NO2/c1-9-5-13(17)11(6-12(9)16)14(22)21(8-15(18,19)20)10-3-2-4-23-7-10/h5-6,10H,2-4,7-8H2,1H3/t10-/m1/s1. The Bertz CT molecular complexity index is 582. The molecule has 0 spiro atoms. The fourth-order valence-corrected chi connectivity index (χ4v) is 2.49. The molecule has 2 rings (SSSR count). The minimum atomic E-state index is -4.65. The molecule has 0 aliphatic carbocycles. The molecule has 1 aliphatic heterocycles. The van der Waals surface area contributed by atoms with Gasteiger partial charge in [0, 0.05) is 6.61 Å². The van der Waals surface area contributed by atoms with Crippen LogP contribution in [0.15, 0.2) is 12.1 Å². The van der Waals surface area contributed by atoms with Gasteiger partial charge >= 0.3 is 6.18 Å². The normalized spacial score (nSPS) is 18.8. The molecule has 1 atom stereocenters. The van der Waals surface area contributed by atoms with Gasteiger partial charge in [0.2, 0.25) is 0 Å². The first kappa shape index (κ1) is 17.7. The van der Waals surface area contributed by atoms with E-state index in [1.165, 1.54) is 6.92 Å². The number of benzene rings is 1. The summed E-state index contributed by atoms with van der Waals surface area (Å²) in [6, 6.07) is 0.618. The van der Waals surface area contributed by atoms with Crippen molar-refractivity contribution in [3.8, 4) is 0 Å². The number of alkyl halides is 3. The van der Waals surface area contributed by atoms with E-state index >= 15 is 0 Å². The predicted molar refractivity (Wildman–Crippen MR) is 72.0 cm³/mol. The van der Waals surface area contributed by atoms with Crippen LogP contribution in [-0.2, 0) is 4.74 Å². The number of rotatable bonds is 3. The van der Waals surface area contributed by atoms with Crippen molar-refractivity contribution in [1.82, 2.24) is 4.90 Å². The Balaban J connectivity index is 2.34. The number of carbonyl (C=O) groups is 1. The summed E-state index contributed by atoms with van der Waals surface area (Å²) in [7, 11) is 0. The van der Waals surface area contributed by atoms with E-state index < -0.39 is 41.9 Å². The number of ether oxygens (including phenoxy) is 1. The van der Waals surface area contributed by atoms with Gasteiger partial charge in [-0.1, -0.05) is 0 Å². The molecule has 1 saturated heterocycles. The summed E-state index contributed by atoms with van der Waals surface area (Å²) in [6.07, 6.45) is -3.83. The molecule has 0 aromatic heterocycles. The molecule has 8 heteroatoms. The maximum atomic E-state index is 13.9. The van der Waals surface area contributed by atoms with E-state index in [1.807, 2.05) is 0 Å². The third-order valence-electron chi connectivity index (χ3n) is 3.67. The number of halogens is 5. The average Bonchev–Trinajstić information content (AvgIpc) is 2.48. The Kier molecular flexibility index (Phi) is 5.23. The molecular formula is C15H16F5NO2. The Hall–Kier alpha value is -1.70. The molecule has 128 valence electrons. The van der Waals surface area contributed by atoms with Crippen molar-refractivity contribution in [1.29, 1.82) is 0 Å². The van der Waals surface area contributed by atoms with Crippen molar-refractivity contribution in [2.75, 3.05) is 19.8 Å². The summed E-state index contributed by atoms with van der Waals surface area (Å²) in [4.78, 5) is 12.9. The van der Waals surface area contributed by atoms with Crippen molar-refractivity contribution in [3.05, 3.63) is 34.9 Å². The molecule has 0 radical (unpaired) electrons. The smallest absolute Gasteiger partial charge is 0.379 e. The molecule has 1 fully saturated rings. The molecule has 1 aromatic rings. The van der Waals surface area contributed by atoms with E-state index in [2.05, 4.69) is 0 Å². The van der Waals surface area contributed by atoms with Crippen molar-refractivity contribution < 1.29 is 31.5 Å². The van der Waals surface area contributed by atoms with Crippen LogP contribution in [0.25, 0.3) is 0 Å². The minimum Gasteiger partial charge on any atom is -0.379 e. The highest BCUT2D eigenvalue weighted by molar-refractivity contribution is 5.95. The zero-order chi connectivity index (χ0) is 17.2. The third-order valence-corrected chi connectivity index (χ3v) is 3.67. The summed E-state index contributed by atoms with van der Waals surface area (Å²) in [5, 5.41) is 0.